The summed E-state index contributed by atoms with van der Waals surface area (Å²) in [5, 5.41) is -0.808. The summed E-state index contributed by atoms with van der Waals surface area (Å²) in [7, 11) is 0. The molecule has 0 saturated carbocycles. The minimum Gasteiger partial charge on any atom is -0.472 e. The summed E-state index contributed by atoms with van der Waals surface area (Å²) in [4.78, 5) is 11.2. The van der Waals surface area contributed by atoms with E-state index in [1.807, 2.05) is 5.43 Å². The number of rotatable bonds is 3. The number of nitrogens with one attached hydrogen (secondary N) is 1. The van der Waals surface area contributed by atoms with Gasteiger partial charge in [0.05, 0.1) is 0 Å². The molecule has 0 heterocycles. The summed E-state index contributed by atoms with van der Waals surface area (Å²) < 4.78 is 5.38. The monoisotopic (exact) mass is 228 g/mol. The van der Waals surface area contributed by atoms with Gasteiger partial charge in [0, 0.05) is 5.56 Å². The van der Waals surface area contributed by atoms with Gasteiger partial charge in [-0.1, -0.05) is 17.7 Å². The Morgan fingerprint density at radius 3 is 2.73 bits per heavy atom. The van der Waals surface area contributed by atoms with Crippen LogP contribution in [0, 0.1) is 0 Å². The third-order valence-electron chi connectivity index (χ3n) is 1.59. The number of benzene rings is 1. The van der Waals surface area contributed by atoms with Crippen LogP contribution in [0.2, 0.25) is 0 Å². The Morgan fingerprint density at radius 1 is 1.53 bits per heavy atom. The highest BCUT2D eigenvalue weighted by Gasteiger charge is 2.15. The minimum atomic E-state index is -0.808. The summed E-state index contributed by atoms with van der Waals surface area (Å²) in [6, 6.07) is 6.63. The Morgan fingerprint density at radius 2 is 2.20 bits per heavy atom. The molecule has 0 aliphatic rings. The Labute approximate surface area is 93.3 Å². The number of halogens is 1. The Bertz CT molecular complexity index is 361. The zero-order valence-electron chi connectivity index (χ0n) is 8.58. The number of amides is 1. The lowest BCUT2D eigenvalue weighted by Crippen LogP contribution is -2.30. The SMILES string of the molecule is CC(C)(Cl)Oc1cccc(C(=O)NN)c1. The molecule has 4 nitrogen and oxygen atoms in total. The highest BCUT2D eigenvalue weighted by Crippen LogP contribution is 2.22. The van der Waals surface area contributed by atoms with Gasteiger partial charge in [-0.05, 0) is 32.0 Å². The van der Waals surface area contributed by atoms with Gasteiger partial charge >= 0.3 is 0 Å². The second-order valence-corrected chi connectivity index (χ2v) is 4.38. The van der Waals surface area contributed by atoms with E-state index in [-0.39, 0.29) is 5.91 Å². The van der Waals surface area contributed by atoms with Gasteiger partial charge in [0.25, 0.3) is 5.91 Å². The number of nitrogens with two attached hydrogens (primary N) is 1. The number of hydrazine groups is 1. The average molecular weight is 229 g/mol. The number of carbonyl (C=O) groups is 1. The van der Waals surface area contributed by atoms with Gasteiger partial charge in [0.2, 0.25) is 0 Å². The van der Waals surface area contributed by atoms with Crippen molar-refractivity contribution >= 4 is 17.5 Å². The molecule has 0 saturated heterocycles. The van der Waals surface area contributed by atoms with Crippen molar-refractivity contribution in [3.63, 3.8) is 0 Å². The maximum absolute atomic E-state index is 11.2. The van der Waals surface area contributed by atoms with Crippen molar-refractivity contribution in [1.29, 1.82) is 0 Å². The van der Waals surface area contributed by atoms with Crippen molar-refractivity contribution in [2.45, 2.75) is 18.9 Å². The van der Waals surface area contributed by atoms with Gasteiger partial charge in [-0.25, -0.2) is 5.84 Å². The van der Waals surface area contributed by atoms with Gasteiger partial charge in [-0.2, -0.15) is 0 Å². The van der Waals surface area contributed by atoms with E-state index in [1.54, 1.807) is 38.1 Å². The van der Waals surface area contributed by atoms with Crippen molar-refractivity contribution in [3.8, 4) is 5.75 Å². The lowest BCUT2D eigenvalue weighted by atomic mass is 10.2. The number of nitrogen functional groups attached to an aromatic ring is 1. The fourth-order valence-corrected chi connectivity index (χ4v) is 1.15. The second-order valence-electron chi connectivity index (χ2n) is 3.47. The lowest BCUT2D eigenvalue weighted by molar-refractivity contribution is 0.0952. The Hall–Kier alpha value is -1.26. The fraction of sp³-hybridized carbons (Fsp3) is 0.300. The van der Waals surface area contributed by atoms with E-state index >= 15 is 0 Å². The molecule has 0 aromatic heterocycles. The molecule has 0 atom stereocenters. The molecule has 0 spiro atoms. The summed E-state index contributed by atoms with van der Waals surface area (Å²) in [5.41, 5.74) is 2.47. The lowest BCUT2D eigenvalue weighted by Gasteiger charge is -2.18. The van der Waals surface area contributed by atoms with Gasteiger partial charge in [-0.3, -0.25) is 10.2 Å². The van der Waals surface area contributed by atoms with Crippen LogP contribution in [0.3, 0.4) is 0 Å². The first-order chi connectivity index (χ1) is 6.92. The van der Waals surface area contributed by atoms with Gasteiger partial charge in [-0.15, -0.1) is 0 Å². The summed E-state index contributed by atoms with van der Waals surface area (Å²) >= 11 is 5.89. The van der Waals surface area contributed by atoms with Gasteiger partial charge in [0.15, 0.2) is 5.06 Å². The van der Waals surface area contributed by atoms with E-state index in [4.69, 9.17) is 22.2 Å². The van der Waals surface area contributed by atoms with E-state index in [1.165, 1.54) is 0 Å². The first-order valence-corrected chi connectivity index (χ1v) is 4.79. The molecule has 0 radical (unpaired) electrons. The third kappa shape index (κ3) is 3.77. The second kappa shape index (κ2) is 4.51. The van der Waals surface area contributed by atoms with Gasteiger partial charge < -0.3 is 4.74 Å². The molecule has 1 rings (SSSR count). The highest BCUT2D eigenvalue weighted by molar-refractivity contribution is 6.22. The Kier molecular flexibility index (Phi) is 3.55. The number of hydrogen-bond acceptors (Lipinski definition) is 3. The first-order valence-electron chi connectivity index (χ1n) is 4.41. The van der Waals surface area contributed by atoms with Crippen LogP contribution in [0.4, 0.5) is 0 Å². The normalized spacial score (nSPS) is 10.9. The van der Waals surface area contributed by atoms with Crippen LogP contribution in [-0.4, -0.2) is 11.0 Å². The topological polar surface area (TPSA) is 64.3 Å². The predicted octanol–water partition coefficient (Wildman–Crippen LogP) is 1.64. The predicted molar refractivity (Wildman–Crippen MR) is 58.7 cm³/mol. The van der Waals surface area contributed by atoms with Crippen molar-refractivity contribution in [3.05, 3.63) is 29.8 Å². The molecule has 5 heteroatoms. The van der Waals surface area contributed by atoms with Crippen LogP contribution in [-0.2, 0) is 0 Å². The minimum absolute atomic E-state index is 0.368. The number of hydrogen-bond donors (Lipinski definition) is 2. The summed E-state index contributed by atoms with van der Waals surface area (Å²) in [6.45, 7) is 3.43. The van der Waals surface area contributed by atoms with Crippen LogP contribution >= 0.6 is 11.6 Å². The molecule has 0 fully saturated rings. The van der Waals surface area contributed by atoms with Crippen molar-refractivity contribution < 1.29 is 9.53 Å². The van der Waals surface area contributed by atoms with E-state index in [2.05, 4.69) is 0 Å². The zero-order valence-corrected chi connectivity index (χ0v) is 9.34. The third-order valence-corrected chi connectivity index (χ3v) is 1.67. The van der Waals surface area contributed by atoms with Crippen LogP contribution in [0.15, 0.2) is 24.3 Å². The molecule has 0 unspecified atom stereocenters. The largest absolute Gasteiger partial charge is 0.472 e. The van der Waals surface area contributed by atoms with Crippen molar-refractivity contribution in [1.82, 2.24) is 5.43 Å². The molecule has 15 heavy (non-hydrogen) atoms. The van der Waals surface area contributed by atoms with Crippen LogP contribution in [0.1, 0.15) is 24.2 Å². The molecule has 0 bridgehead atoms. The standard InChI is InChI=1S/C10H13ClN2O2/c1-10(2,11)15-8-5-3-4-7(6-8)9(14)13-12/h3-6H,12H2,1-2H3,(H,13,14). The fourth-order valence-electron chi connectivity index (χ4n) is 1.06. The molecule has 3 N–H and O–H groups in total. The first kappa shape index (κ1) is 11.8. The number of alkyl halides is 1. The molecular weight excluding hydrogens is 216 g/mol. The molecule has 1 aromatic rings. The summed E-state index contributed by atoms with van der Waals surface area (Å²) in [6.07, 6.45) is 0. The molecule has 1 aromatic carbocycles. The highest BCUT2D eigenvalue weighted by atomic mass is 35.5. The van der Waals surface area contributed by atoms with Crippen LogP contribution < -0.4 is 16.0 Å². The van der Waals surface area contributed by atoms with E-state index < -0.39 is 5.06 Å². The van der Waals surface area contributed by atoms with Crippen molar-refractivity contribution in [2.24, 2.45) is 5.84 Å². The van der Waals surface area contributed by atoms with Crippen LogP contribution in [0.5, 0.6) is 5.75 Å². The molecule has 0 aliphatic heterocycles. The number of ether oxygens (including phenoxy) is 1. The van der Waals surface area contributed by atoms with Crippen molar-refractivity contribution in [2.75, 3.05) is 0 Å². The molecule has 82 valence electrons. The molecule has 0 aliphatic carbocycles. The summed E-state index contributed by atoms with van der Waals surface area (Å²) in [5.74, 6) is 5.17. The smallest absolute Gasteiger partial charge is 0.265 e. The van der Waals surface area contributed by atoms with E-state index in [9.17, 15) is 4.79 Å². The molecule has 1 amide bonds. The van der Waals surface area contributed by atoms with E-state index in [0.717, 1.165) is 0 Å². The Balaban J connectivity index is 2.88. The maximum Gasteiger partial charge on any atom is 0.265 e. The zero-order chi connectivity index (χ0) is 11.5. The average Bonchev–Trinajstić information content (AvgIpc) is 2.14. The number of carbonyl (C=O) groups excluding carboxylic acids is 1. The quantitative estimate of drug-likeness (QED) is 0.358. The van der Waals surface area contributed by atoms with Gasteiger partial charge in [0.1, 0.15) is 5.75 Å². The van der Waals surface area contributed by atoms with Crippen LogP contribution in [0.25, 0.3) is 0 Å². The van der Waals surface area contributed by atoms with E-state index in [0.29, 0.717) is 11.3 Å². The maximum atomic E-state index is 11.2. The molecular formula is C10H13ClN2O2.